The third-order valence-electron chi connectivity index (χ3n) is 1.99. The molecule has 0 fully saturated rings. The average Bonchev–Trinajstić information content (AvgIpc) is 2.25. The molecule has 0 heterocycles. The summed E-state index contributed by atoms with van der Waals surface area (Å²) >= 11 is 0. The zero-order chi connectivity index (χ0) is 12.3. The van der Waals surface area contributed by atoms with Gasteiger partial charge in [-0.15, -0.1) is 0 Å². The largest absolute Gasteiger partial charge is 0.495 e. The van der Waals surface area contributed by atoms with Gasteiger partial charge in [-0.1, -0.05) is 0 Å². The first kappa shape index (κ1) is 12.8. The van der Waals surface area contributed by atoms with Crippen LogP contribution in [0.4, 0.5) is 0 Å². The van der Waals surface area contributed by atoms with Crippen molar-refractivity contribution in [1.82, 2.24) is 0 Å². The second-order valence-electron chi connectivity index (χ2n) is 2.91. The Morgan fingerprint density at radius 2 is 2.19 bits per heavy atom. The molecule has 86 valence electrons. The van der Waals surface area contributed by atoms with E-state index in [0.717, 1.165) is 6.07 Å². The quantitative estimate of drug-likeness (QED) is 0.817. The summed E-state index contributed by atoms with van der Waals surface area (Å²) in [5.74, 6) is 0.0782. The van der Waals surface area contributed by atoms with Gasteiger partial charge in [-0.2, -0.15) is 5.26 Å². The fourth-order valence-electron chi connectivity index (χ4n) is 1.23. The van der Waals surface area contributed by atoms with Gasteiger partial charge in [0.2, 0.25) is 0 Å². The number of methoxy groups -OCH3 is 1. The average molecular weight is 261 g/mol. The molecule has 0 saturated carbocycles. The Balaban J connectivity index is 3.58. The van der Waals surface area contributed by atoms with E-state index in [1.807, 2.05) is 6.07 Å². The molecular weight excluding hydrogens is 252 g/mol. The zero-order valence-corrected chi connectivity index (χ0v) is 9.97. The fraction of sp³-hybridized carbons (Fsp3) is 0.222. The lowest BCUT2D eigenvalue weighted by Gasteiger charge is -2.09. The van der Waals surface area contributed by atoms with Crippen molar-refractivity contribution in [3.63, 3.8) is 0 Å². The van der Waals surface area contributed by atoms with E-state index in [1.165, 1.54) is 13.2 Å². The number of nitrogens with zero attached hydrogens (tertiary/aromatic N) is 1. The van der Waals surface area contributed by atoms with Crippen molar-refractivity contribution in [1.29, 1.82) is 5.26 Å². The van der Waals surface area contributed by atoms with Gasteiger partial charge >= 0.3 is 0 Å². The van der Waals surface area contributed by atoms with Crippen LogP contribution < -0.4 is 10.5 Å². The molecule has 0 aliphatic heterocycles. The topological polar surface area (TPSA) is 93.2 Å². The first-order valence-electron chi connectivity index (χ1n) is 4.19. The maximum atomic E-state index is 11.2. The van der Waals surface area contributed by atoms with Crippen molar-refractivity contribution in [3.8, 4) is 11.8 Å². The summed E-state index contributed by atoms with van der Waals surface area (Å²) in [5, 5.41) is 8.82. The van der Waals surface area contributed by atoms with Gasteiger partial charge in [-0.3, -0.25) is 0 Å². The van der Waals surface area contributed by atoms with Crippen LogP contribution in [0.15, 0.2) is 17.0 Å². The molecule has 1 aromatic carbocycles. The molecule has 0 unspecified atom stereocenters. The van der Waals surface area contributed by atoms with E-state index < -0.39 is 9.05 Å². The molecule has 1 aromatic rings. The molecule has 0 radical (unpaired) electrons. The fourth-order valence-corrected chi connectivity index (χ4v) is 2.23. The van der Waals surface area contributed by atoms with Crippen molar-refractivity contribution in [3.05, 3.63) is 23.3 Å². The first-order valence-corrected chi connectivity index (χ1v) is 6.50. The number of benzene rings is 1. The molecule has 7 heteroatoms. The van der Waals surface area contributed by atoms with Crippen molar-refractivity contribution in [2.75, 3.05) is 7.11 Å². The maximum Gasteiger partial charge on any atom is 0.265 e. The molecule has 2 N–H and O–H groups in total. The Kier molecular flexibility index (Phi) is 3.75. The molecule has 0 bridgehead atoms. The second kappa shape index (κ2) is 4.70. The minimum Gasteiger partial charge on any atom is -0.495 e. The van der Waals surface area contributed by atoms with Crippen molar-refractivity contribution in [2.24, 2.45) is 5.73 Å². The Morgan fingerprint density at radius 3 is 2.56 bits per heavy atom. The minimum absolute atomic E-state index is 0.0782. The van der Waals surface area contributed by atoms with Crippen LogP contribution in [0.25, 0.3) is 0 Å². The van der Waals surface area contributed by atoms with E-state index in [1.54, 1.807) is 0 Å². The van der Waals surface area contributed by atoms with Crippen LogP contribution in [0.2, 0.25) is 0 Å². The van der Waals surface area contributed by atoms with Crippen LogP contribution in [0.1, 0.15) is 11.1 Å². The van der Waals surface area contributed by atoms with Gasteiger partial charge in [-0.05, 0) is 17.7 Å². The highest BCUT2D eigenvalue weighted by Gasteiger charge is 2.19. The first-order chi connectivity index (χ1) is 7.43. The van der Waals surface area contributed by atoms with Gasteiger partial charge in [0.1, 0.15) is 10.6 Å². The molecule has 0 aliphatic carbocycles. The van der Waals surface area contributed by atoms with Crippen molar-refractivity contribution >= 4 is 19.7 Å². The summed E-state index contributed by atoms with van der Waals surface area (Å²) in [5.41, 5.74) is 6.09. The van der Waals surface area contributed by atoms with Crippen LogP contribution in [0, 0.1) is 11.3 Å². The second-order valence-corrected chi connectivity index (χ2v) is 5.45. The minimum atomic E-state index is -3.95. The van der Waals surface area contributed by atoms with Gasteiger partial charge in [0.25, 0.3) is 9.05 Å². The summed E-state index contributed by atoms with van der Waals surface area (Å²) in [7, 11) is 2.58. The molecule has 0 spiro atoms. The Hall–Kier alpha value is -1.29. The van der Waals surface area contributed by atoms with Crippen LogP contribution in [-0.4, -0.2) is 15.5 Å². The summed E-state index contributed by atoms with van der Waals surface area (Å²) in [6.07, 6.45) is 0. The lowest BCUT2D eigenvalue weighted by Crippen LogP contribution is -2.04. The van der Waals surface area contributed by atoms with Crippen LogP contribution in [0.3, 0.4) is 0 Å². The normalized spacial score (nSPS) is 10.9. The molecule has 0 amide bonds. The summed E-state index contributed by atoms with van der Waals surface area (Å²) < 4.78 is 27.3. The molecular formula is C9H9ClN2O3S. The molecule has 1 rings (SSSR count). The lowest BCUT2D eigenvalue weighted by molar-refractivity contribution is 0.402. The zero-order valence-electron chi connectivity index (χ0n) is 8.40. The Morgan fingerprint density at radius 1 is 1.56 bits per heavy atom. The Bertz CT molecular complexity index is 549. The molecule has 0 aromatic heterocycles. The van der Waals surface area contributed by atoms with Gasteiger partial charge in [0.15, 0.2) is 0 Å². The summed E-state index contributed by atoms with van der Waals surface area (Å²) in [6, 6.07) is 4.40. The predicted molar refractivity (Wildman–Crippen MR) is 58.6 cm³/mol. The van der Waals surface area contributed by atoms with E-state index in [0.29, 0.717) is 5.56 Å². The number of nitrogens with two attached hydrogens (primary N) is 1. The maximum absolute atomic E-state index is 11.2. The number of hydrogen-bond donors (Lipinski definition) is 1. The van der Waals surface area contributed by atoms with Gasteiger partial charge in [0.05, 0.1) is 18.7 Å². The van der Waals surface area contributed by atoms with Gasteiger partial charge in [-0.25, -0.2) is 8.42 Å². The van der Waals surface area contributed by atoms with Crippen LogP contribution >= 0.6 is 10.7 Å². The third kappa shape index (κ3) is 2.44. The monoisotopic (exact) mass is 260 g/mol. The number of nitriles is 1. The Labute approximate surface area is 97.8 Å². The van der Waals surface area contributed by atoms with Gasteiger partial charge < -0.3 is 10.5 Å². The molecule has 16 heavy (non-hydrogen) atoms. The van der Waals surface area contributed by atoms with Crippen LogP contribution in [-0.2, 0) is 15.6 Å². The lowest BCUT2D eigenvalue weighted by atomic mass is 10.1. The van der Waals surface area contributed by atoms with E-state index >= 15 is 0 Å². The van der Waals surface area contributed by atoms with E-state index in [9.17, 15) is 8.42 Å². The highest BCUT2D eigenvalue weighted by atomic mass is 35.7. The van der Waals surface area contributed by atoms with Crippen molar-refractivity contribution in [2.45, 2.75) is 11.4 Å². The van der Waals surface area contributed by atoms with Crippen molar-refractivity contribution < 1.29 is 13.2 Å². The molecule has 0 atom stereocenters. The van der Waals surface area contributed by atoms with E-state index in [-0.39, 0.29) is 22.8 Å². The standard InChI is InChI=1S/C9H9ClN2O3S/c1-15-8-2-6(4-11)7(5-12)3-9(8)16(10,13)14/h2-3H,4,11H2,1H3. The SMILES string of the molecule is COc1cc(CN)c(C#N)cc1S(=O)(=O)Cl. The molecule has 0 aliphatic rings. The summed E-state index contributed by atoms with van der Waals surface area (Å²) in [4.78, 5) is -0.231. The van der Waals surface area contributed by atoms with Crippen LogP contribution in [0.5, 0.6) is 5.75 Å². The number of rotatable bonds is 3. The van der Waals surface area contributed by atoms with E-state index in [4.69, 9.17) is 26.4 Å². The summed E-state index contributed by atoms with van der Waals surface area (Å²) in [6.45, 7) is 0.113. The van der Waals surface area contributed by atoms with Gasteiger partial charge in [0, 0.05) is 17.2 Å². The smallest absolute Gasteiger partial charge is 0.265 e. The number of halogens is 1. The third-order valence-corrected chi connectivity index (χ3v) is 3.34. The number of ether oxygens (including phenoxy) is 1. The predicted octanol–water partition coefficient (Wildman–Crippen LogP) is 0.953. The van der Waals surface area contributed by atoms with E-state index in [2.05, 4.69) is 0 Å². The highest BCUT2D eigenvalue weighted by Crippen LogP contribution is 2.29. The molecule has 0 saturated heterocycles. The number of hydrogen-bond acceptors (Lipinski definition) is 5. The molecule has 5 nitrogen and oxygen atoms in total. The highest BCUT2D eigenvalue weighted by molar-refractivity contribution is 8.13.